The predicted molar refractivity (Wildman–Crippen MR) is 89.8 cm³/mol. The van der Waals surface area contributed by atoms with E-state index in [2.05, 4.69) is 51.2 Å². The maximum Gasteiger partial charge on any atom is 0.120 e. The minimum atomic E-state index is 0.227. The molecule has 1 fully saturated rings. The minimum absolute atomic E-state index is 0.227. The lowest BCUT2D eigenvalue weighted by molar-refractivity contribution is 0.241. The van der Waals surface area contributed by atoms with E-state index < -0.39 is 0 Å². The van der Waals surface area contributed by atoms with Gasteiger partial charge < -0.3 is 10.1 Å². The van der Waals surface area contributed by atoms with Crippen molar-refractivity contribution in [2.75, 3.05) is 0 Å². The molecule has 0 bridgehead atoms. The lowest BCUT2D eigenvalue weighted by Crippen LogP contribution is -2.36. The molecule has 2 atom stereocenters. The summed E-state index contributed by atoms with van der Waals surface area (Å²) in [5.41, 5.74) is 1.32. The van der Waals surface area contributed by atoms with Crippen LogP contribution in [0.2, 0.25) is 0 Å². The second-order valence-electron chi connectivity index (χ2n) is 6.81. The van der Waals surface area contributed by atoms with Crippen molar-refractivity contribution in [2.24, 2.45) is 5.92 Å². The zero-order valence-electron chi connectivity index (χ0n) is 14.1. The van der Waals surface area contributed by atoms with Crippen LogP contribution < -0.4 is 10.1 Å². The maximum absolute atomic E-state index is 5.80. The summed E-state index contributed by atoms with van der Waals surface area (Å²) >= 11 is 0. The average molecular weight is 289 g/mol. The molecule has 1 aliphatic carbocycles. The summed E-state index contributed by atoms with van der Waals surface area (Å²) in [6.07, 6.45) is 7.23. The number of ether oxygens (including phenoxy) is 1. The monoisotopic (exact) mass is 289 g/mol. The number of nitrogens with one attached hydrogen (secondary N) is 1. The Morgan fingerprint density at radius 3 is 2.43 bits per heavy atom. The highest BCUT2D eigenvalue weighted by molar-refractivity contribution is 5.30. The summed E-state index contributed by atoms with van der Waals surface area (Å²) in [5, 5.41) is 3.79. The molecule has 0 spiro atoms. The third kappa shape index (κ3) is 5.03. The Kier molecular flexibility index (Phi) is 6.10. The van der Waals surface area contributed by atoms with Gasteiger partial charge in [-0.25, -0.2) is 0 Å². The van der Waals surface area contributed by atoms with E-state index in [0.29, 0.717) is 12.1 Å². The van der Waals surface area contributed by atoms with Crippen LogP contribution in [0.4, 0.5) is 0 Å². The fourth-order valence-electron chi connectivity index (χ4n) is 3.39. The van der Waals surface area contributed by atoms with Crippen molar-refractivity contribution in [1.29, 1.82) is 0 Å². The van der Waals surface area contributed by atoms with Gasteiger partial charge in [0.25, 0.3) is 0 Å². The molecule has 1 saturated carbocycles. The fraction of sp³-hybridized carbons (Fsp3) is 0.684. The molecule has 0 aliphatic heterocycles. The molecule has 2 rings (SSSR count). The SMILES string of the molecule is CC(C)Oc1cccc(C(C)NC(C)C2CCCCC2)c1. The summed E-state index contributed by atoms with van der Waals surface area (Å²) in [4.78, 5) is 0. The maximum atomic E-state index is 5.80. The van der Waals surface area contributed by atoms with Crippen molar-refractivity contribution in [3.8, 4) is 5.75 Å². The normalized spacial score (nSPS) is 19.5. The number of benzene rings is 1. The van der Waals surface area contributed by atoms with E-state index in [4.69, 9.17) is 4.74 Å². The second kappa shape index (κ2) is 7.84. The number of rotatable bonds is 6. The third-order valence-corrected chi connectivity index (χ3v) is 4.60. The predicted octanol–water partition coefficient (Wildman–Crippen LogP) is 5.09. The zero-order chi connectivity index (χ0) is 15.2. The quantitative estimate of drug-likeness (QED) is 0.787. The zero-order valence-corrected chi connectivity index (χ0v) is 14.1. The van der Waals surface area contributed by atoms with E-state index in [1.165, 1.54) is 37.7 Å². The molecule has 0 aromatic heterocycles. The Hall–Kier alpha value is -1.02. The minimum Gasteiger partial charge on any atom is -0.491 e. The molecule has 21 heavy (non-hydrogen) atoms. The third-order valence-electron chi connectivity index (χ3n) is 4.60. The van der Waals surface area contributed by atoms with E-state index in [1.54, 1.807) is 0 Å². The summed E-state index contributed by atoms with van der Waals surface area (Å²) in [5.74, 6) is 1.82. The van der Waals surface area contributed by atoms with Gasteiger partial charge in [-0.15, -0.1) is 0 Å². The first-order valence-electron chi connectivity index (χ1n) is 8.59. The highest BCUT2D eigenvalue weighted by Gasteiger charge is 2.21. The van der Waals surface area contributed by atoms with Crippen molar-refractivity contribution in [3.05, 3.63) is 29.8 Å². The first kappa shape index (κ1) is 16.4. The van der Waals surface area contributed by atoms with Gasteiger partial charge in [-0.1, -0.05) is 31.4 Å². The molecule has 0 amide bonds. The van der Waals surface area contributed by atoms with Gasteiger partial charge in [0.05, 0.1) is 6.10 Å². The van der Waals surface area contributed by atoms with Crippen LogP contribution in [0.15, 0.2) is 24.3 Å². The molecular formula is C19H31NO. The van der Waals surface area contributed by atoms with Crippen molar-refractivity contribution in [2.45, 2.75) is 78.0 Å². The standard InChI is InChI=1S/C19H31NO/c1-14(2)21-19-12-8-11-18(13-19)16(4)20-15(3)17-9-6-5-7-10-17/h8,11-17,20H,5-7,9-10H2,1-4H3. The van der Waals surface area contributed by atoms with Crippen LogP contribution in [0.3, 0.4) is 0 Å². The second-order valence-corrected chi connectivity index (χ2v) is 6.81. The molecule has 2 nitrogen and oxygen atoms in total. The van der Waals surface area contributed by atoms with Gasteiger partial charge in [0.1, 0.15) is 5.75 Å². The van der Waals surface area contributed by atoms with Gasteiger partial charge in [-0.05, 0) is 64.2 Å². The van der Waals surface area contributed by atoms with Crippen LogP contribution in [0.25, 0.3) is 0 Å². The smallest absolute Gasteiger partial charge is 0.120 e. The summed E-state index contributed by atoms with van der Waals surface area (Å²) in [6, 6.07) is 9.47. The summed E-state index contributed by atoms with van der Waals surface area (Å²) in [6.45, 7) is 8.74. The van der Waals surface area contributed by atoms with Gasteiger partial charge in [0.15, 0.2) is 0 Å². The molecule has 1 N–H and O–H groups in total. The van der Waals surface area contributed by atoms with E-state index in [1.807, 2.05) is 6.07 Å². The van der Waals surface area contributed by atoms with E-state index in [0.717, 1.165) is 11.7 Å². The van der Waals surface area contributed by atoms with Crippen LogP contribution in [-0.4, -0.2) is 12.1 Å². The molecule has 1 aromatic rings. The van der Waals surface area contributed by atoms with Crippen LogP contribution in [0.5, 0.6) is 5.75 Å². The van der Waals surface area contributed by atoms with E-state index in [9.17, 15) is 0 Å². The van der Waals surface area contributed by atoms with Crippen molar-refractivity contribution >= 4 is 0 Å². The van der Waals surface area contributed by atoms with Crippen molar-refractivity contribution in [3.63, 3.8) is 0 Å². The highest BCUT2D eigenvalue weighted by Crippen LogP contribution is 2.28. The Morgan fingerprint density at radius 2 is 1.76 bits per heavy atom. The Bertz CT molecular complexity index is 423. The van der Waals surface area contributed by atoms with Gasteiger partial charge in [0, 0.05) is 12.1 Å². The largest absolute Gasteiger partial charge is 0.491 e. The lowest BCUT2D eigenvalue weighted by Gasteiger charge is -2.31. The Morgan fingerprint density at radius 1 is 1.05 bits per heavy atom. The Balaban J connectivity index is 1.94. The lowest BCUT2D eigenvalue weighted by atomic mass is 9.84. The van der Waals surface area contributed by atoms with Crippen LogP contribution >= 0.6 is 0 Å². The molecule has 2 heteroatoms. The molecule has 0 radical (unpaired) electrons. The van der Waals surface area contributed by atoms with Gasteiger partial charge in [-0.2, -0.15) is 0 Å². The molecule has 2 unspecified atom stereocenters. The molecule has 1 aliphatic rings. The van der Waals surface area contributed by atoms with Crippen LogP contribution in [0.1, 0.15) is 71.4 Å². The molecule has 118 valence electrons. The first-order chi connectivity index (χ1) is 10.1. The number of hydrogen-bond donors (Lipinski definition) is 1. The molecule has 1 aromatic carbocycles. The van der Waals surface area contributed by atoms with E-state index in [-0.39, 0.29) is 6.10 Å². The molecule has 0 saturated heterocycles. The summed E-state index contributed by atoms with van der Waals surface area (Å²) in [7, 11) is 0. The van der Waals surface area contributed by atoms with Gasteiger partial charge in [-0.3, -0.25) is 0 Å². The van der Waals surface area contributed by atoms with E-state index >= 15 is 0 Å². The van der Waals surface area contributed by atoms with Crippen LogP contribution in [-0.2, 0) is 0 Å². The average Bonchev–Trinajstić information content (AvgIpc) is 2.47. The van der Waals surface area contributed by atoms with Gasteiger partial charge >= 0.3 is 0 Å². The van der Waals surface area contributed by atoms with Crippen LogP contribution in [0, 0.1) is 5.92 Å². The van der Waals surface area contributed by atoms with Gasteiger partial charge in [0.2, 0.25) is 0 Å². The topological polar surface area (TPSA) is 21.3 Å². The molecular weight excluding hydrogens is 258 g/mol. The highest BCUT2D eigenvalue weighted by atomic mass is 16.5. The fourth-order valence-corrected chi connectivity index (χ4v) is 3.39. The van der Waals surface area contributed by atoms with Crippen molar-refractivity contribution in [1.82, 2.24) is 5.32 Å². The first-order valence-corrected chi connectivity index (χ1v) is 8.59. The number of hydrogen-bond acceptors (Lipinski definition) is 2. The molecule has 0 heterocycles. The Labute approximate surface area is 130 Å². The van der Waals surface area contributed by atoms with Crippen molar-refractivity contribution < 1.29 is 4.74 Å². The summed E-state index contributed by atoms with van der Waals surface area (Å²) < 4.78 is 5.80.